The smallest absolute Gasteiger partial charge is 0.251 e. The van der Waals surface area contributed by atoms with E-state index >= 15 is 0 Å². The zero-order valence-electron chi connectivity index (χ0n) is 17.7. The Bertz CT molecular complexity index is 774. The van der Waals surface area contributed by atoms with Gasteiger partial charge >= 0.3 is 0 Å². The molecule has 1 aliphatic heterocycles. The predicted molar refractivity (Wildman–Crippen MR) is 112 cm³/mol. The Morgan fingerprint density at radius 1 is 1.24 bits per heavy atom. The molecule has 0 radical (unpaired) electrons. The molecule has 29 heavy (non-hydrogen) atoms. The molecule has 2 rings (SSSR count). The summed E-state index contributed by atoms with van der Waals surface area (Å²) in [7, 11) is -2.18. The summed E-state index contributed by atoms with van der Waals surface area (Å²) >= 11 is 0. The van der Waals surface area contributed by atoms with Crippen LogP contribution in [0.3, 0.4) is 0 Å². The Hall–Kier alpha value is -1.52. The molecule has 1 heterocycles. The molecule has 1 aliphatic rings. The monoisotopic (exact) mass is 427 g/mol. The largest absolute Gasteiger partial charge is 0.383 e. The number of methoxy groups -OCH3 is 1. The molecule has 9 heteroatoms. The van der Waals surface area contributed by atoms with Crippen LogP contribution in [-0.4, -0.2) is 77.9 Å². The second-order valence-electron chi connectivity index (χ2n) is 7.49. The first-order chi connectivity index (χ1) is 13.7. The number of carbonyl (C=O) groups is 1. The maximum atomic E-state index is 12.6. The Kier molecular flexibility index (Phi) is 9.04. The van der Waals surface area contributed by atoms with Crippen LogP contribution in [0.1, 0.15) is 36.2 Å². The standard InChI is InChI=1S/C20H33N3O5S/c1-15-6-7-18(29(25,26)22-9-11-27-4)12-19(15)20(24)21-8-5-10-23-13-16(2)28-17(3)14-23/h6-7,12,16-17,22H,5,8-11,13-14H2,1-4H3,(H,21,24). The highest BCUT2D eigenvalue weighted by atomic mass is 32.2. The molecule has 0 spiro atoms. The molecule has 2 atom stereocenters. The molecule has 0 aromatic heterocycles. The van der Waals surface area contributed by atoms with Crippen LogP contribution in [0, 0.1) is 6.92 Å². The highest BCUT2D eigenvalue weighted by Gasteiger charge is 2.22. The van der Waals surface area contributed by atoms with E-state index in [1.54, 1.807) is 13.0 Å². The lowest BCUT2D eigenvalue weighted by molar-refractivity contribution is -0.0680. The number of nitrogens with zero attached hydrogens (tertiary/aromatic N) is 1. The van der Waals surface area contributed by atoms with Crippen LogP contribution in [0.15, 0.2) is 23.1 Å². The Balaban J connectivity index is 1.90. The van der Waals surface area contributed by atoms with Gasteiger partial charge in [-0.15, -0.1) is 0 Å². The quantitative estimate of drug-likeness (QED) is 0.544. The highest BCUT2D eigenvalue weighted by molar-refractivity contribution is 7.89. The average molecular weight is 428 g/mol. The average Bonchev–Trinajstić information content (AvgIpc) is 2.64. The number of rotatable bonds is 10. The van der Waals surface area contributed by atoms with Gasteiger partial charge in [-0.05, 0) is 44.9 Å². The van der Waals surface area contributed by atoms with Gasteiger partial charge in [-0.2, -0.15) is 0 Å². The van der Waals surface area contributed by atoms with Crippen molar-refractivity contribution in [2.75, 3.05) is 46.4 Å². The predicted octanol–water partition coefficient (Wildman–Crippen LogP) is 1.15. The minimum atomic E-state index is -3.68. The zero-order valence-corrected chi connectivity index (χ0v) is 18.5. The first-order valence-corrected chi connectivity index (χ1v) is 11.5. The first kappa shape index (κ1) is 23.8. The van der Waals surface area contributed by atoms with Crippen molar-refractivity contribution in [2.24, 2.45) is 0 Å². The highest BCUT2D eigenvalue weighted by Crippen LogP contribution is 2.16. The fourth-order valence-corrected chi connectivity index (χ4v) is 4.48. The molecule has 1 fully saturated rings. The molecule has 164 valence electrons. The third-order valence-electron chi connectivity index (χ3n) is 4.79. The summed E-state index contributed by atoms with van der Waals surface area (Å²) in [6.45, 7) is 9.58. The number of aryl methyl sites for hydroxylation is 1. The Morgan fingerprint density at radius 3 is 2.59 bits per heavy atom. The summed E-state index contributed by atoms with van der Waals surface area (Å²) in [4.78, 5) is 15.0. The minimum absolute atomic E-state index is 0.0700. The lowest BCUT2D eigenvalue weighted by Crippen LogP contribution is -2.46. The van der Waals surface area contributed by atoms with E-state index in [1.165, 1.54) is 19.2 Å². The number of benzene rings is 1. The van der Waals surface area contributed by atoms with Crippen LogP contribution in [0.5, 0.6) is 0 Å². The van der Waals surface area contributed by atoms with Crippen molar-refractivity contribution in [1.82, 2.24) is 14.9 Å². The lowest BCUT2D eigenvalue weighted by Gasteiger charge is -2.35. The van der Waals surface area contributed by atoms with Crippen LogP contribution in [0.25, 0.3) is 0 Å². The summed E-state index contributed by atoms with van der Waals surface area (Å²) in [5, 5.41) is 2.90. The molecule has 1 aromatic carbocycles. The van der Waals surface area contributed by atoms with Gasteiger partial charge in [0.05, 0.1) is 23.7 Å². The van der Waals surface area contributed by atoms with Gasteiger partial charge in [-0.1, -0.05) is 6.07 Å². The van der Waals surface area contributed by atoms with Gasteiger partial charge in [0.1, 0.15) is 0 Å². The molecule has 1 aromatic rings. The van der Waals surface area contributed by atoms with Crippen molar-refractivity contribution in [3.05, 3.63) is 29.3 Å². The van der Waals surface area contributed by atoms with Crippen LogP contribution in [0.2, 0.25) is 0 Å². The number of sulfonamides is 1. The number of nitrogens with one attached hydrogen (secondary N) is 2. The van der Waals surface area contributed by atoms with E-state index in [4.69, 9.17) is 9.47 Å². The van der Waals surface area contributed by atoms with E-state index < -0.39 is 10.0 Å². The van der Waals surface area contributed by atoms with E-state index in [-0.39, 0.29) is 36.2 Å². The van der Waals surface area contributed by atoms with Gasteiger partial charge in [0.15, 0.2) is 0 Å². The van der Waals surface area contributed by atoms with Gasteiger partial charge in [0.25, 0.3) is 5.91 Å². The van der Waals surface area contributed by atoms with Crippen molar-refractivity contribution in [3.63, 3.8) is 0 Å². The molecule has 0 aliphatic carbocycles. The molecule has 1 amide bonds. The number of ether oxygens (including phenoxy) is 2. The van der Waals surface area contributed by atoms with E-state index in [0.717, 1.165) is 31.6 Å². The van der Waals surface area contributed by atoms with Crippen molar-refractivity contribution in [1.29, 1.82) is 0 Å². The number of hydrogen-bond acceptors (Lipinski definition) is 6. The Morgan fingerprint density at radius 2 is 1.93 bits per heavy atom. The summed E-state index contributed by atoms with van der Waals surface area (Å²) < 4.78 is 37.8. The molecule has 2 unspecified atom stereocenters. The number of morpholine rings is 1. The van der Waals surface area contributed by atoms with Crippen LogP contribution >= 0.6 is 0 Å². The third-order valence-corrected chi connectivity index (χ3v) is 6.25. The van der Waals surface area contributed by atoms with Crippen LogP contribution in [0.4, 0.5) is 0 Å². The van der Waals surface area contributed by atoms with Gasteiger partial charge in [-0.3, -0.25) is 9.69 Å². The molecule has 2 N–H and O–H groups in total. The second-order valence-corrected chi connectivity index (χ2v) is 9.26. The molecule has 1 saturated heterocycles. The van der Waals surface area contributed by atoms with Crippen molar-refractivity contribution >= 4 is 15.9 Å². The number of amides is 1. The normalized spacial score (nSPS) is 20.6. The van der Waals surface area contributed by atoms with Crippen molar-refractivity contribution in [2.45, 2.75) is 44.3 Å². The van der Waals surface area contributed by atoms with Crippen LogP contribution in [-0.2, 0) is 19.5 Å². The van der Waals surface area contributed by atoms with Gasteiger partial charge in [-0.25, -0.2) is 13.1 Å². The summed E-state index contributed by atoms with van der Waals surface area (Å²) in [6, 6.07) is 4.57. The van der Waals surface area contributed by atoms with E-state index in [2.05, 4.69) is 28.8 Å². The van der Waals surface area contributed by atoms with E-state index in [0.29, 0.717) is 12.1 Å². The summed E-state index contributed by atoms with van der Waals surface area (Å²) in [5.74, 6) is -0.264. The molecular formula is C20H33N3O5S. The van der Waals surface area contributed by atoms with Gasteiger partial charge in [0, 0.05) is 45.4 Å². The summed E-state index contributed by atoms with van der Waals surface area (Å²) in [5.41, 5.74) is 1.10. The maximum Gasteiger partial charge on any atom is 0.251 e. The topological polar surface area (TPSA) is 97.0 Å². The van der Waals surface area contributed by atoms with E-state index in [9.17, 15) is 13.2 Å². The lowest BCUT2D eigenvalue weighted by atomic mass is 10.1. The molecule has 0 bridgehead atoms. The first-order valence-electron chi connectivity index (χ1n) is 9.98. The SMILES string of the molecule is COCCNS(=O)(=O)c1ccc(C)c(C(=O)NCCCN2CC(C)OC(C)C2)c1. The molecule has 0 saturated carbocycles. The van der Waals surface area contributed by atoms with E-state index in [1.807, 2.05) is 0 Å². The zero-order chi connectivity index (χ0) is 21.4. The minimum Gasteiger partial charge on any atom is -0.383 e. The molecular weight excluding hydrogens is 394 g/mol. The number of hydrogen-bond donors (Lipinski definition) is 2. The van der Waals surface area contributed by atoms with Crippen LogP contribution < -0.4 is 10.0 Å². The maximum absolute atomic E-state index is 12.6. The van der Waals surface area contributed by atoms with Gasteiger partial charge < -0.3 is 14.8 Å². The fourth-order valence-electron chi connectivity index (χ4n) is 3.44. The molecule has 8 nitrogen and oxygen atoms in total. The Labute approximate surface area is 174 Å². The van der Waals surface area contributed by atoms with Gasteiger partial charge in [0.2, 0.25) is 10.0 Å². The van der Waals surface area contributed by atoms with Crippen molar-refractivity contribution in [3.8, 4) is 0 Å². The fraction of sp³-hybridized carbons (Fsp3) is 0.650. The summed E-state index contributed by atoms with van der Waals surface area (Å²) in [6.07, 6.45) is 1.26. The third kappa shape index (κ3) is 7.35. The second kappa shape index (κ2) is 11.0. The van der Waals surface area contributed by atoms with Crippen molar-refractivity contribution < 1.29 is 22.7 Å². The number of carbonyl (C=O) groups excluding carboxylic acids is 1.